The number of amides is 1. The van der Waals surface area contributed by atoms with Crippen LogP contribution in [0.25, 0.3) is 0 Å². The van der Waals surface area contributed by atoms with Crippen LogP contribution in [0.15, 0.2) is 36.4 Å². The van der Waals surface area contributed by atoms with Crippen molar-refractivity contribution in [1.82, 2.24) is 19.6 Å². The maximum Gasteiger partial charge on any atom is 0.416 e. The molecule has 0 spiro atoms. The normalized spacial score (nSPS) is 21.6. The molecule has 13 heteroatoms. The molecule has 3 heterocycles. The summed E-state index contributed by atoms with van der Waals surface area (Å²) in [6.07, 6.45) is -2.58. The second-order valence-corrected chi connectivity index (χ2v) is 13.5. The molecule has 3 aliphatic heterocycles. The van der Waals surface area contributed by atoms with Crippen molar-refractivity contribution in [2.24, 2.45) is 0 Å². The number of piperazine rings is 1. The van der Waals surface area contributed by atoms with Gasteiger partial charge in [0.05, 0.1) is 21.2 Å². The molecule has 3 saturated heterocycles. The van der Waals surface area contributed by atoms with Crippen molar-refractivity contribution in [3.05, 3.63) is 68.7 Å². The minimum absolute atomic E-state index is 0.0398. The van der Waals surface area contributed by atoms with Gasteiger partial charge in [-0.05, 0) is 114 Å². The average Bonchev–Trinajstić information content (AvgIpc) is 3.02. The smallest absolute Gasteiger partial charge is 0.333 e. The van der Waals surface area contributed by atoms with Crippen LogP contribution in [0.4, 0.5) is 26.3 Å². The summed E-state index contributed by atoms with van der Waals surface area (Å²) in [5.41, 5.74) is -2.89. The number of nitrogens with zero attached hydrogens (tertiary/aromatic N) is 4. The van der Waals surface area contributed by atoms with Crippen molar-refractivity contribution in [1.29, 1.82) is 0 Å². The van der Waals surface area contributed by atoms with Crippen LogP contribution in [0.2, 0.25) is 10.0 Å². The van der Waals surface area contributed by atoms with Gasteiger partial charge < -0.3 is 14.7 Å². The first-order valence-electron chi connectivity index (χ1n) is 16.0. The van der Waals surface area contributed by atoms with E-state index in [1.54, 1.807) is 18.2 Å². The van der Waals surface area contributed by atoms with E-state index >= 15 is 0 Å². The molecule has 0 aliphatic carbocycles. The SMILES string of the molecule is O=C(c1cc(C(F)(F)F)cc(C(F)(F)F)c1)N1CCN(CCCN2CCC(N3CCCCC3)CC2)C[C@H]1Cc1ccc(Cl)c(Cl)c1. The molecule has 5 nitrogen and oxygen atoms in total. The van der Waals surface area contributed by atoms with Crippen LogP contribution in [0, 0.1) is 0 Å². The highest BCUT2D eigenvalue weighted by atomic mass is 35.5. The third-order valence-corrected chi connectivity index (χ3v) is 10.3. The third-order valence-electron chi connectivity index (χ3n) is 9.53. The van der Waals surface area contributed by atoms with Crippen molar-refractivity contribution < 1.29 is 31.1 Å². The van der Waals surface area contributed by atoms with Gasteiger partial charge >= 0.3 is 12.4 Å². The monoisotopic (exact) mass is 692 g/mol. The van der Waals surface area contributed by atoms with Gasteiger partial charge in [0.15, 0.2) is 0 Å². The molecule has 3 fully saturated rings. The largest absolute Gasteiger partial charge is 0.416 e. The average molecular weight is 694 g/mol. The molecule has 46 heavy (non-hydrogen) atoms. The van der Waals surface area contributed by atoms with E-state index in [4.69, 9.17) is 23.2 Å². The van der Waals surface area contributed by atoms with Gasteiger partial charge in [0.25, 0.3) is 5.91 Å². The van der Waals surface area contributed by atoms with Crippen LogP contribution in [0.5, 0.6) is 0 Å². The number of rotatable bonds is 8. The third kappa shape index (κ3) is 9.09. The molecule has 2 aromatic rings. The van der Waals surface area contributed by atoms with Gasteiger partial charge in [-0.15, -0.1) is 0 Å². The van der Waals surface area contributed by atoms with E-state index < -0.39 is 41.0 Å². The van der Waals surface area contributed by atoms with E-state index in [0.717, 1.165) is 38.2 Å². The molecule has 0 N–H and O–H groups in total. The second kappa shape index (κ2) is 15.0. The van der Waals surface area contributed by atoms with Gasteiger partial charge in [-0.1, -0.05) is 35.7 Å². The van der Waals surface area contributed by atoms with E-state index in [0.29, 0.717) is 47.7 Å². The lowest BCUT2D eigenvalue weighted by Gasteiger charge is -2.42. The Bertz CT molecular complexity index is 1310. The summed E-state index contributed by atoms with van der Waals surface area (Å²) in [5.74, 6) is -0.863. The first-order chi connectivity index (χ1) is 21.8. The van der Waals surface area contributed by atoms with Gasteiger partial charge in [0.1, 0.15) is 0 Å². The summed E-state index contributed by atoms with van der Waals surface area (Å²) in [7, 11) is 0. The van der Waals surface area contributed by atoms with E-state index in [1.165, 1.54) is 50.1 Å². The fourth-order valence-corrected chi connectivity index (χ4v) is 7.38. The van der Waals surface area contributed by atoms with E-state index in [1.807, 2.05) is 0 Å². The Hall–Kier alpha value is -2.05. The second-order valence-electron chi connectivity index (χ2n) is 12.7. The highest BCUT2D eigenvalue weighted by molar-refractivity contribution is 6.42. The highest BCUT2D eigenvalue weighted by Crippen LogP contribution is 2.37. The molecule has 0 bridgehead atoms. The quantitative estimate of drug-likeness (QED) is 0.265. The summed E-state index contributed by atoms with van der Waals surface area (Å²) >= 11 is 12.3. The van der Waals surface area contributed by atoms with E-state index in [2.05, 4.69) is 14.7 Å². The van der Waals surface area contributed by atoms with Crippen molar-refractivity contribution >= 4 is 29.1 Å². The fourth-order valence-electron chi connectivity index (χ4n) is 7.06. The van der Waals surface area contributed by atoms with Crippen LogP contribution in [-0.2, 0) is 18.8 Å². The van der Waals surface area contributed by atoms with E-state index in [9.17, 15) is 31.1 Å². The Labute approximate surface area is 276 Å². The maximum absolute atomic E-state index is 13.7. The number of alkyl halides is 6. The number of hydrogen-bond acceptors (Lipinski definition) is 4. The lowest BCUT2D eigenvalue weighted by molar-refractivity contribution is -0.143. The Balaban J connectivity index is 1.25. The first-order valence-corrected chi connectivity index (χ1v) is 16.8. The van der Waals surface area contributed by atoms with Crippen LogP contribution >= 0.6 is 23.2 Å². The molecule has 0 saturated carbocycles. The summed E-state index contributed by atoms with van der Waals surface area (Å²) in [4.78, 5) is 22.4. The van der Waals surface area contributed by atoms with Crippen molar-refractivity contribution in [2.75, 3.05) is 58.9 Å². The zero-order valence-electron chi connectivity index (χ0n) is 25.7. The summed E-state index contributed by atoms with van der Waals surface area (Å²) in [5, 5.41) is 0.675. The summed E-state index contributed by atoms with van der Waals surface area (Å²) in [6.45, 7) is 7.34. The number of hydrogen-bond donors (Lipinski definition) is 0. The first kappa shape index (κ1) is 35.3. The predicted octanol–water partition coefficient (Wildman–Crippen LogP) is 7.74. The zero-order chi connectivity index (χ0) is 33.1. The molecular weight excluding hydrogens is 653 g/mol. The standard InChI is InChI=1S/C33H40Cl2F6N4O/c34-29-6-5-23(18-30(29)35)17-28-22-43(10-4-9-42-13-7-27(8-14-42)44-11-2-1-3-12-44)15-16-45(28)31(46)24-19-25(32(36,37)38)21-26(20-24)33(39,40)41/h5-6,18-21,27-28H,1-4,7-17,22H2/t28-/m1/s1. The van der Waals surface area contributed by atoms with Crippen LogP contribution in [-0.4, -0.2) is 96.5 Å². The molecule has 0 radical (unpaired) electrons. The molecule has 3 aliphatic rings. The van der Waals surface area contributed by atoms with Crippen LogP contribution in [0.1, 0.15) is 65.6 Å². The number of carbonyl (C=O) groups excluding carboxylic acids is 1. The zero-order valence-corrected chi connectivity index (χ0v) is 27.2. The minimum atomic E-state index is -5.04. The van der Waals surface area contributed by atoms with Gasteiger partial charge in [-0.25, -0.2) is 0 Å². The lowest BCUT2D eigenvalue weighted by Crippen LogP contribution is -2.56. The molecule has 1 atom stereocenters. The molecule has 0 aromatic heterocycles. The fraction of sp³-hybridized carbons (Fsp3) is 0.606. The Morgan fingerprint density at radius 1 is 0.739 bits per heavy atom. The number of piperidine rings is 2. The number of likely N-dealkylation sites (tertiary alicyclic amines) is 2. The topological polar surface area (TPSA) is 30.0 Å². The Kier molecular flexibility index (Phi) is 11.5. The molecule has 0 unspecified atom stereocenters. The lowest BCUT2D eigenvalue weighted by atomic mass is 9.98. The van der Waals surface area contributed by atoms with Crippen LogP contribution in [0.3, 0.4) is 0 Å². The number of benzene rings is 2. The molecular formula is C33H40Cl2F6N4O. The molecule has 5 rings (SSSR count). The predicted molar refractivity (Wildman–Crippen MR) is 167 cm³/mol. The van der Waals surface area contributed by atoms with Gasteiger partial charge in [0, 0.05) is 37.3 Å². The Morgan fingerprint density at radius 2 is 1.37 bits per heavy atom. The van der Waals surface area contributed by atoms with Gasteiger partial charge in [-0.2, -0.15) is 26.3 Å². The molecule has 1 amide bonds. The van der Waals surface area contributed by atoms with Crippen molar-refractivity contribution in [3.8, 4) is 0 Å². The van der Waals surface area contributed by atoms with E-state index in [-0.39, 0.29) is 12.6 Å². The van der Waals surface area contributed by atoms with Crippen molar-refractivity contribution in [3.63, 3.8) is 0 Å². The number of carbonyl (C=O) groups is 1. The summed E-state index contributed by atoms with van der Waals surface area (Å²) in [6, 6.07) is 6.29. The van der Waals surface area contributed by atoms with Gasteiger partial charge in [0.2, 0.25) is 0 Å². The summed E-state index contributed by atoms with van der Waals surface area (Å²) < 4.78 is 81.3. The highest BCUT2D eigenvalue weighted by Gasteiger charge is 2.39. The number of halogens is 8. The Morgan fingerprint density at radius 3 is 1.98 bits per heavy atom. The minimum Gasteiger partial charge on any atom is -0.333 e. The maximum atomic E-state index is 13.7. The van der Waals surface area contributed by atoms with Gasteiger partial charge in [-0.3, -0.25) is 9.69 Å². The molecule has 254 valence electrons. The van der Waals surface area contributed by atoms with Crippen molar-refractivity contribution in [2.45, 2.75) is 69.4 Å². The molecule has 2 aromatic carbocycles. The van der Waals surface area contributed by atoms with Crippen LogP contribution < -0.4 is 0 Å².